The second-order valence-electron chi connectivity index (χ2n) is 3.78. The molecule has 0 fully saturated rings. The molecule has 0 bridgehead atoms. The van der Waals surface area contributed by atoms with Crippen LogP contribution in [0.15, 0.2) is 22.8 Å². The van der Waals surface area contributed by atoms with Crippen LogP contribution in [0.1, 0.15) is 31.2 Å². The number of nitrogens with zero attached hydrogens (tertiary/aromatic N) is 2. The largest absolute Gasteiger partial charge is 0.302 e. The van der Waals surface area contributed by atoms with Crippen molar-refractivity contribution >= 4 is 33.2 Å². The normalized spacial score (nSPS) is 11.5. The summed E-state index contributed by atoms with van der Waals surface area (Å²) < 4.78 is 3.05. The molecular weight excluding hydrogens is 275 g/mol. The third kappa shape index (κ3) is 1.79. The summed E-state index contributed by atoms with van der Waals surface area (Å²) in [5.41, 5.74) is 3.11. The van der Waals surface area contributed by atoms with Crippen molar-refractivity contribution in [1.82, 2.24) is 9.38 Å². The van der Waals surface area contributed by atoms with E-state index in [4.69, 9.17) is 11.6 Å². The Labute approximate surface area is 102 Å². The van der Waals surface area contributed by atoms with Crippen LogP contribution < -0.4 is 0 Å². The number of pyridine rings is 1. The lowest BCUT2D eigenvalue weighted by atomic mass is 10.1. The molecular formula is C11H12BrClN2. The van der Waals surface area contributed by atoms with Crippen LogP contribution in [-0.4, -0.2) is 9.38 Å². The second kappa shape index (κ2) is 4.14. The molecule has 2 nitrogen and oxygen atoms in total. The molecule has 2 aromatic heterocycles. The summed E-state index contributed by atoms with van der Waals surface area (Å²) in [4.78, 5) is 4.61. The Morgan fingerprint density at radius 2 is 2.27 bits per heavy atom. The van der Waals surface area contributed by atoms with Gasteiger partial charge in [-0.15, -0.1) is 11.6 Å². The maximum absolute atomic E-state index is 5.97. The predicted molar refractivity (Wildman–Crippen MR) is 66.5 cm³/mol. The summed E-state index contributed by atoms with van der Waals surface area (Å²) >= 11 is 9.47. The molecule has 2 rings (SSSR count). The zero-order valence-corrected chi connectivity index (χ0v) is 11.0. The molecule has 0 N–H and O–H groups in total. The first-order valence-corrected chi connectivity index (χ1v) is 6.19. The zero-order valence-electron chi connectivity index (χ0n) is 8.67. The Morgan fingerprint density at radius 1 is 1.53 bits per heavy atom. The Kier molecular flexibility index (Phi) is 3.03. The van der Waals surface area contributed by atoms with E-state index >= 15 is 0 Å². The molecule has 0 spiro atoms. The fraction of sp³-hybridized carbons (Fsp3) is 0.364. The fourth-order valence-electron chi connectivity index (χ4n) is 1.70. The molecule has 0 aliphatic heterocycles. The standard InChI is InChI=1S/C11H12BrClN2/c1-7(2)10-9(6-13)15-5-3-4-8(12)11(15)14-10/h3-5,7H,6H2,1-2H3. The van der Waals surface area contributed by atoms with Crippen molar-refractivity contribution in [2.24, 2.45) is 0 Å². The summed E-state index contributed by atoms with van der Waals surface area (Å²) in [5.74, 6) is 0.885. The molecule has 0 atom stereocenters. The smallest absolute Gasteiger partial charge is 0.151 e. The molecule has 0 aliphatic rings. The van der Waals surface area contributed by atoms with Gasteiger partial charge in [0, 0.05) is 6.20 Å². The highest BCUT2D eigenvalue weighted by Crippen LogP contribution is 2.25. The Balaban J connectivity index is 2.78. The number of fused-ring (bicyclic) bond motifs is 1. The van der Waals surface area contributed by atoms with Gasteiger partial charge in [0.1, 0.15) is 0 Å². The van der Waals surface area contributed by atoms with Crippen molar-refractivity contribution in [3.05, 3.63) is 34.2 Å². The molecule has 2 heterocycles. The van der Waals surface area contributed by atoms with Gasteiger partial charge in [0.05, 0.1) is 21.7 Å². The number of halogens is 2. The van der Waals surface area contributed by atoms with Gasteiger partial charge in [-0.1, -0.05) is 13.8 Å². The van der Waals surface area contributed by atoms with Gasteiger partial charge < -0.3 is 4.40 Å². The minimum Gasteiger partial charge on any atom is -0.302 e. The average Bonchev–Trinajstić information content (AvgIpc) is 2.57. The van der Waals surface area contributed by atoms with Crippen LogP contribution in [0.4, 0.5) is 0 Å². The van der Waals surface area contributed by atoms with Crippen LogP contribution in [0.3, 0.4) is 0 Å². The lowest BCUT2D eigenvalue weighted by molar-refractivity contribution is 0.818. The molecule has 0 aromatic carbocycles. The average molecular weight is 288 g/mol. The summed E-state index contributed by atoms with van der Waals surface area (Å²) in [6.45, 7) is 4.26. The number of hydrogen-bond acceptors (Lipinski definition) is 1. The topological polar surface area (TPSA) is 17.3 Å². The van der Waals surface area contributed by atoms with Crippen molar-refractivity contribution in [2.45, 2.75) is 25.6 Å². The number of imidazole rings is 1. The van der Waals surface area contributed by atoms with Crippen LogP contribution in [0.25, 0.3) is 5.65 Å². The number of alkyl halides is 1. The number of aromatic nitrogens is 2. The lowest BCUT2D eigenvalue weighted by Crippen LogP contribution is -1.95. The van der Waals surface area contributed by atoms with E-state index in [1.807, 2.05) is 22.7 Å². The van der Waals surface area contributed by atoms with E-state index in [0.717, 1.165) is 21.5 Å². The maximum Gasteiger partial charge on any atom is 0.151 e. The summed E-state index contributed by atoms with van der Waals surface area (Å²) in [7, 11) is 0. The highest BCUT2D eigenvalue weighted by Gasteiger charge is 2.15. The molecule has 2 aromatic rings. The van der Waals surface area contributed by atoms with Gasteiger partial charge in [0.25, 0.3) is 0 Å². The third-order valence-electron chi connectivity index (χ3n) is 2.41. The van der Waals surface area contributed by atoms with Gasteiger partial charge in [-0.2, -0.15) is 0 Å². The molecule has 0 aliphatic carbocycles. The van der Waals surface area contributed by atoms with Crippen molar-refractivity contribution in [3.8, 4) is 0 Å². The van der Waals surface area contributed by atoms with E-state index in [1.165, 1.54) is 0 Å². The monoisotopic (exact) mass is 286 g/mol. The van der Waals surface area contributed by atoms with Crippen molar-refractivity contribution in [2.75, 3.05) is 0 Å². The molecule has 15 heavy (non-hydrogen) atoms. The minimum absolute atomic E-state index is 0.394. The minimum atomic E-state index is 0.394. The first kappa shape index (κ1) is 11.0. The molecule has 0 saturated carbocycles. The first-order chi connectivity index (χ1) is 7.15. The van der Waals surface area contributed by atoms with Crippen LogP contribution in [0, 0.1) is 0 Å². The molecule has 0 amide bonds. The Hall–Kier alpha value is -0.540. The quantitative estimate of drug-likeness (QED) is 0.764. The SMILES string of the molecule is CC(C)c1nc2c(Br)cccn2c1CCl. The van der Waals surface area contributed by atoms with Gasteiger partial charge in [-0.25, -0.2) is 4.98 Å². The predicted octanol–water partition coefficient (Wildman–Crippen LogP) is 3.96. The van der Waals surface area contributed by atoms with Gasteiger partial charge in [-0.3, -0.25) is 0 Å². The fourth-order valence-corrected chi connectivity index (χ4v) is 2.39. The van der Waals surface area contributed by atoms with Gasteiger partial charge in [0.2, 0.25) is 0 Å². The van der Waals surface area contributed by atoms with Crippen LogP contribution in [0.5, 0.6) is 0 Å². The first-order valence-electron chi connectivity index (χ1n) is 4.86. The summed E-state index contributed by atoms with van der Waals surface area (Å²) in [6, 6.07) is 3.98. The summed E-state index contributed by atoms with van der Waals surface area (Å²) in [5, 5.41) is 0. The number of hydrogen-bond donors (Lipinski definition) is 0. The third-order valence-corrected chi connectivity index (χ3v) is 3.28. The maximum atomic E-state index is 5.97. The van der Waals surface area contributed by atoms with Crippen LogP contribution >= 0.6 is 27.5 Å². The van der Waals surface area contributed by atoms with E-state index < -0.39 is 0 Å². The molecule has 0 saturated heterocycles. The zero-order chi connectivity index (χ0) is 11.0. The van der Waals surface area contributed by atoms with Gasteiger partial charge >= 0.3 is 0 Å². The van der Waals surface area contributed by atoms with E-state index in [-0.39, 0.29) is 0 Å². The van der Waals surface area contributed by atoms with Crippen molar-refractivity contribution < 1.29 is 0 Å². The van der Waals surface area contributed by atoms with E-state index in [2.05, 4.69) is 34.8 Å². The Bertz CT molecular complexity index is 491. The van der Waals surface area contributed by atoms with Crippen molar-refractivity contribution in [1.29, 1.82) is 0 Å². The molecule has 4 heteroatoms. The molecule has 0 unspecified atom stereocenters. The van der Waals surface area contributed by atoms with E-state index in [9.17, 15) is 0 Å². The van der Waals surface area contributed by atoms with Crippen LogP contribution in [-0.2, 0) is 5.88 Å². The van der Waals surface area contributed by atoms with Gasteiger partial charge in [0.15, 0.2) is 5.65 Å². The summed E-state index contributed by atoms with van der Waals surface area (Å²) in [6.07, 6.45) is 2.00. The Morgan fingerprint density at radius 3 is 2.87 bits per heavy atom. The lowest BCUT2D eigenvalue weighted by Gasteiger charge is -2.03. The van der Waals surface area contributed by atoms with E-state index in [0.29, 0.717) is 11.8 Å². The highest BCUT2D eigenvalue weighted by atomic mass is 79.9. The number of rotatable bonds is 2. The van der Waals surface area contributed by atoms with Gasteiger partial charge in [-0.05, 0) is 34.0 Å². The van der Waals surface area contributed by atoms with Crippen LogP contribution in [0.2, 0.25) is 0 Å². The second-order valence-corrected chi connectivity index (χ2v) is 4.90. The molecule has 0 radical (unpaired) electrons. The molecule has 80 valence electrons. The van der Waals surface area contributed by atoms with E-state index in [1.54, 1.807) is 0 Å². The van der Waals surface area contributed by atoms with Crippen molar-refractivity contribution in [3.63, 3.8) is 0 Å². The highest BCUT2D eigenvalue weighted by molar-refractivity contribution is 9.10.